The summed E-state index contributed by atoms with van der Waals surface area (Å²) in [6.45, 7) is 4.24. The molecule has 0 radical (unpaired) electrons. The molecule has 0 atom stereocenters. The van der Waals surface area contributed by atoms with Gasteiger partial charge in [-0.3, -0.25) is 0 Å². The lowest BCUT2D eigenvalue weighted by Crippen LogP contribution is -1.98. The molecule has 1 aromatic carbocycles. The first kappa shape index (κ1) is 12.2. The molecule has 0 unspecified atom stereocenters. The van der Waals surface area contributed by atoms with E-state index >= 15 is 0 Å². The van der Waals surface area contributed by atoms with Crippen LogP contribution in [-0.2, 0) is 9.53 Å². The maximum absolute atomic E-state index is 11.0. The first-order valence-electron chi connectivity index (χ1n) is 5.30. The minimum absolute atomic E-state index is 0.309. The van der Waals surface area contributed by atoms with E-state index in [4.69, 9.17) is 4.74 Å². The average molecular weight is 216 g/mol. The highest BCUT2D eigenvalue weighted by atomic mass is 16.5. The van der Waals surface area contributed by atoms with Crippen molar-refractivity contribution in [1.29, 1.82) is 0 Å². The number of esters is 1. The Morgan fingerprint density at radius 1 is 1.25 bits per heavy atom. The van der Waals surface area contributed by atoms with Gasteiger partial charge in [0, 0.05) is 6.08 Å². The fourth-order valence-electron chi connectivity index (χ4n) is 1.17. The molecule has 0 saturated heterocycles. The Kier molecular flexibility index (Phi) is 5.06. The summed E-state index contributed by atoms with van der Waals surface area (Å²) in [5, 5.41) is 0. The largest absolute Gasteiger partial charge is 0.463 e. The predicted octanol–water partition coefficient (Wildman–Crippen LogP) is 3.13. The van der Waals surface area contributed by atoms with Gasteiger partial charge in [-0.25, -0.2) is 4.79 Å². The Bertz CT molecular complexity index is 386. The van der Waals surface area contributed by atoms with Crippen LogP contribution in [0.1, 0.15) is 18.1 Å². The summed E-state index contributed by atoms with van der Waals surface area (Å²) in [4.78, 5) is 11.0. The van der Waals surface area contributed by atoms with Gasteiger partial charge in [-0.1, -0.05) is 48.1 Å². The van der Waals surface area contributed by atoms with Gasteiger partial charge in [0.25, 0.3) is 0 Å². The highest BCUT2D eigenvalue weighted by Crippen LogP contribution is 2.04. The summed E-state index contributed by atoms with van der Waals surface area (Å²) in [5.41, 5.74) is 2.35. The van der Waals surface area contributed by atoms with Crippen LogP contribution >= 0.6 is 0 Å². The van der Waals surface area contributed by atoms with Crippen molar-refractivity contribution in [2.75, 3.05) is 6.61 Å². The lowest BCUT2D eigenvalue weighted by atomic mass is 10.1. The van der Waals surface area contributed by atoms with Crippen molar-refractivity contribution in [3.05, 3.63) is 53.6 Å². The third kappa shape index (κ3) is 4.60. The number of rotatable bonds is 4. The lowest BCUT2D eigenvalue weighted by Gasteiger charge is -1.94. The zero-order valence-corrected chi connectivity index (χ0v) is 9.64. The molecule has 16 heavy (non-hydrogen) atoms. The van der Waals surface area contributed by atoms with E-state index in [1.54, 1.807) is 13.0 Å². The van der Waals surface area contributed by atoms with Crippen LogP contribution in [0.2, 0.25) is 0 Å². The number of carbonyl (C=O) groups excluding carboxylic acids is 1. The number of allylic oxidation sites excluding steroid dienone is 2. The van der Waals surface area contributed by atoms with E-state index < -0.39 is 0 Å². The fraction of sp³-hybridized carbons (Fsp3) is 0.214. The number of ether oxygens (including phenoxy) is 1. The van der Waals surface area contributed by atoms with Gasteiger partial charge in [-0.15, -0.1) is 0 Å². The number of hydrogen-bond donors (Lipinski definition) is 0. The van der Waals surface area contributed by atoms with E-state index in [9.17, 15) is 4.79 Å². The normalized spacial score (nSPS) is 11.1. The standard InChI is InChI=1S/C14H16O2/c1-3-16-14(15)7-5-4-6-13-10-8-12(2)9-11-13/h4-11H,3H2,1-2H3/b6-4+,7-5+. The molecule has 0 spiro atoms. The zero-order chi connectivity index (χ0) is 11.8. The summed E-state index contributed by atoms with van der Waals surface area (Å²) in [6.07, 6.45) is 6.85. The molecule has 0 fully saturated rings. The molecule has 1 aromatic rings. The molecule has 0 bridgehead atoms. The zero-order valence-electron chi connectivity index (χ0n) is 9.64. The summed E-state index contributed by atoms with van der Waals surface area (Å²) >= 11 is 0. The van der Waals surface area contributed by atoms with Gasteiger partial charge >= 0.3 is 5.97 Å². The molecule has 0 aliphatic carbocycles. The Morgan fingerprint density at radius 3 is 2.56 bits per heavy atom. The van der Waals surface area contributed by atoms with E-state index in [-0.39, 0.29) is 5.97 Å². The number of benzene rings is 1. The molecular weight excluding hydrogens is 200 g/mol. The second-order valence-corrected chi connectivity index (χ2v) is 3.38. The molecule has 1 rings (SSSR count). The summed E-state index contributed by atoms with van der Waals surface area (Å²) in [7, 11) is 0. The van der Waals surface area contributed by atoms with Crippen molar-refractivity contribution in [3.63, 3.8) is 0 Å². The summed E-state index contributed by atoms with van der Waals surface area (Å²) in [6, 6.07) is 8.16. The van der Waals surface area contributed by atoms with Gasteiger partial charge in [-0.05, 0) is 19.4 Å². The van der Waals surface area contributed by atoms with Crippen LogP contribution in [0.3, 0.4) is 0 Å². The first-order chi connectivity index (χ1) is 7.72. The molecule has 0 saturated carbocycles. The summed E-state index contributed by atoms with van der Waals surface area (Å²) < 4.78 is 4.75. The maximum Gasteiger partial charge on any atom is 0.330 e. The van der Waals surface area contributed by atoms with E-state index in [1.807, 2.05) is 31.2 Å². The van der Waals surface area contributed by atoms with Gasteiger partial charge in [0.05, 0.1) is 6.61 Å². The minimum Gasteiger partial charge on any atom is -0.463 e. The van der Waals surface area contributed by atoms with Crippen LogP contribution in [-0.4, -0.2) is 12.6 Å². The van der Waals surface area contributed by atoms with E-state index in [2.05, 4.69) is 12.1 Å². The number of carbonyl (C=O) groups is 1. The van der Waals surface area contributed by atoms with Crippen molar-refractivity contribution in [2.45, 2.75) is 13.8 Å². The summed E-state index contributed by atoms with van der Waals surface area (Å²) in [5.74, 6) is -0.309. The topological polar surface area (TPSA) is 26.3 Å². The second-order valence-electron chi connectivity index (χ2n) is 3.38. The molecule has 0 amide bonds. The number of aryl methyl sites for hydroxylation is 1. The van der Waals surface area contributed by atoms with Crippen molar-refractivity contribution in [3.8, 4) is 0 Å². The smallest absolute Gasteiger partial charge is 0.330 e. The predicted molar refractivity (Wildman–Crippen MR) is 66.0 cm³/mol. The quantitative estimate of drug-likeness (QED) is 0.439. The molecule has 0 aliphatic heterocycles. The Labute approximate surface area is 96.2 Å². The molecular formula is C14H16O2. The maximum atomic E-state index is 11.0. The Balaban J connectivity index is 2.48. The van der Waals surface area contributed by atoms with Gasteiger partial charge in [0.1, 0.15) is 0 Å². The van der Waals surface area contributed by atoms with E-state index in [0.29, 0.717) is 6.61 Å². The van der Waals surface area contributed by atoms with Crippen molar-refractivity contribution < 1.29 is 9.53 Å². The van der Waals surface area contributed by atoms with Crippen LogP contribution in [0.4, 0.5) is 0 Å². The molecule has 0 heterocycles. The van der Waals surface area contributed by atoms with Crippen LogP contribution < -0.4 is 0 Å². The fourth-order valence-corrected chi connectivity index (χ4v) is 1.17. The van der Waals surface area contributed by atoms with E-state index in [0.717, 1.165) is 5.56 Å². The van der Waals surface area contributed by atoms with Crippen LogP contribution in [0.25, 0.3) is 6.08 Å². The minimum atomic E-state index is -0.309. The van der Waals surface area contributed by atoms with E-state index in [1.165, 1.54) is 11.6 Å². The lowest BCUT2D eigenvalue weighted by molar-refractivity contribution is -0.137. The molecule has 2 nitrogen and oxygen atoms in total. The highest BCUT2D eigenvalue weighted by Gasteiger charge is 1.90. The van der Waals surface area contributed by atoms with Gasteiger partial charge in [0.2, 0.25) is 0 Å². The van der Waals surface area contributed by atoms with Crippen LogP contribution in [0, 0.1) is 6.92 Å². The molecule has 2 heteroatoms. The third-order valence-corrected chi connectivity index (χ3v) is 2.00. The molecule has 0 aliphatic rings. The van der Waals surface area contributed by atoms with Crippen molar-refractivity contribution >= 4 is 12.0 Å². The van der Waals surface area contributed by atoms with Crippen molar-refractivity contribution in [1.82, 2.24) is 0 Å². The van der Waals surface area contributed by atoms with Crippen molar-refractivity contribution in [2.24, 2.45) is 0 Å². The monoisotopic (exact) mass is 216 g/mol. The van der Waals surface area contributed by atoms with Gasteiger partial charge in [0.15, 0.2) is 0 Å². The van der Waals surface area contributed by atoms with Gasteiger partial charge in [-0.2, -0.15) is 0 Å². The molecule has 0 aromatic heterocycles. The third-order valence-electron chi connectivity index (χ3n) is 2.00. The molecule has 0 N–H and O–H groups in total. The van der Waals surface area contributed by atoms with Gasteiger partial charge < -0.3 is 4.74 Å². The second kappa shape index (κ2) is 6.62. The SMILES string of the molecule is CCOC(=O)/C=C/C=C/c1ccc(C)cc1. The first-order valence-corrected chi connectivity index (χ1v) is 5.30. The highest BCUT2D eigenvalue weighted by molar-refractivity contribution is 5.82. The van der Waals surface area contributed by atoms with Crippen LogP contribution in [0.15, 0.2) is 42.5 Å². The average Bonchev–Trinajstić information content (AvgIpc) is 2.27. The van der Waals surface area contributed by atoms with Crippen LogP contribution in [0.5, 0.6) is 0 Å². The Hall–Kier alpha value is -1.83. The Morgan fingerprint density at radius 2 is 1.94 bits per heavy atom. The molecule has 84 valence electrons. The number of hydrogen-bond acceptors (Lipinski definition) is 2.